The quantitative estimate of drug-likeness (QED) is 0.661. The van der Waals surface area contributed by atoms with E-state index in [0.717, 1.165) is 0 Å². The average Bonchev–Trinajstić information content (AvgIpc) is 1.60. The zero-order valence-electron chi connectivity index (χ0n) is 5.60. The highest BCUT2D eigenvalue weighted by Gasteiger charge is 2.41. The van der Waals surface area contributed by atoms with Gasteiger partial charge in [0.05, 0.1) is 6.10 Å². The molecule has 0 saturated heterocycles. The Bertz CT molecular complexity index is 133. The van der Waals surface area contributed by atoms with Crippen molar-refractivity contribution in [3.05, 3.63) is 0 Å². The molecule has 0 atom stereocenters. The van der Waals surface area contributed by atoms with Gasteiger partial charge in [-0.3, -0.25) is 0 Å². The highest BCUT2D eigenvalue weighted by Crippen LogP contribution is 2.17. The van der Waals surface area contributed by atoms with Crippen LogP contribution >= 0.6 is 0 Å². The van der Waals surface area contributed by atoms with E-state index in [1.807, 2.05) is 0 Å². The number of ether oxygens (including phenoxy) is 1. The molecule has 0 aromatic rings. The van der Waals surface area contributed by atoms with Crippen molar-refractivity contribution < 1.29 is 23.4 Å². The van der Waals surface area contributed by atoms with Crippen molar-refractivity contribution in [2.45, 2.75) is 26.1 Å². The fraction of sp³-hybridized carbons (Fsp3) is 0.800. The minimum Gasteiger partial charge on any atom is -0.475 e. The second-order valence-electron chi connectivity index (χ2n) is 1.99. The Morgan fingerprint density at radius 2 is 2.00 bits per heavy atom. The van der Waals surface area contributed by atoms with Crippen molar-refractivity contribution in [3.63, 3.8) is 0 Å². The largest absolute Gasteiger partial charge is 0.475 e. The van der Waals surface area contributed by atoms with Gasteiger partial charge in [-0.1, -0.05) is 0 Å². The summed E-state index contributed by atoms with van der Waals surface area (Å²) in [5.74, 6) is -2.26. The number of halogens is 2. The van der Waals surface area contributed by atoms with Crippen LogP contribution in [0, 0.1) is 0 Å². The second-order valence-corrected chi connectivity index (χ2v) is 1.99. The lowest BCUT2D eigenvalue weighted by Gasteiger charge is -2.13. The molecule has 0 aromatic carbocycles. The fourth-order valence-electron chi connectivity index (χ4n) is 0.346. The second kappa shape index (κ2) is 2.92. The number of carbonyl (C=O) groups is 1. The highest BCUT2D eigenvalue weighted by atomic mass is 19.3. The molecule has 0 rings (SSSR count). The zero-order chi connectivity index (χ0) is 8.36. The summed E-state index contributed by atoms with van der Waals surface area (Å²) in [6, 6.07) is 0. The van der Waals surface area contributed by atoms with E-state index in [4.69, 9.17) is 5.11 Å². The van der Waals surface area contributed by atoms with Crippen molar-refractivity contribution in [1.82, 2.24) is 0 Å². The van der Waals surface area contributed by atoms with Gasteiger partial charge in [0.2, 0.25) is 0 Å². The van der Waals surface area contributed by atoms with Crippen LogP contribution in [0.5, 0.6) is 0 Å². The SMILES string of the molecule is CC(C)OC(F)(F)C(=O)O. The maximum absolute atomic E-state index is 12.0. The lowest BCUT2D eigenvalue weighted by atomic mass is 10.5. The molecule has 0 aliphatic rings. The molecular weight excluding hydrogens is 146 g/mol. The first-order valence-corrected chi connectivity index (χ1v) is 2.65. The number of rotatable bonds is 3. The predicted octanol–water partition coefficient (Wildman–Crippen LogP) is 1.09. The lowest BCUT2D eigenvalue weighted by Crippen LogP contribution is -2.34. The molecule has 0 spiro atoms. The molecule has 0 fully saturated rings. The fourth-order valence-corrected chi connectivity index (χ4v) is 0.346. The van der Waals surface area contributed by atoms with Crippen LogP contribution in [-0.4, -0.2) is 23.3 Å². The number of alkyl halides is 2. The topological polar surface area (TPSA) is 46.5 Å². The third-order valence-electron chi connectivity index (χ3n) is 0.633. The van der Waals surface area contributed by atoms with Gasteiger partial charge in [0.25, 0.3) is 0 Å². The molecule has 0 radical (unpaired) electrons. The molecule has 0 saturated carbocycles. The monoisotopic (exact) mass is 154 g/mol. The molecule has 1 N–H and O–H groups in total. The Morgan fingerprint density at radius 3 is 2.10 bits per heavy atom. The Balaban J connectivity index is 4.00. The normalized spacial score (nSPS) is 12.1. The number of aliphatic carboxylic acids is 1. The summed E-state index contributed by atoms with van der Waals surface area (Å²) in [6.07, 6.45) is -4.86. The first-order valence-electron chi connectivity index (χ1n) is 2.65. The summed E-state index contributed by atoms with van der Waals surface area (Å²) in [7, 11) is 0. The molecule has 0 heterocycles. The van der Waals surface area contributed by atoms with Gasteiger partial charge in [-0.05, 0) is 13.8 Å². The van der Waals surface area contributed by atoms with E-state index in [1.54, 1.807) is 0 Å². The highest BCUT2D eigenvalue weighted by molar-refractivity contribution is 5.73. The summed E-state index contributed by atoms with van der Waals surface area (Å²) in [4.78, 5) is 9.68. The minimum absolute atomic E-state index is 0.800. The van der Waals surface area contributed by atoms with Gasteiger partial charge < -0.3 is 9.84 Å². The number of carboxylic acids is 1. The Hall–Kier alpha value is -0.710. The molecule has 60 valence electrons. The summed E-state index contributed by atoms with van der Waals surface area (Å²) in [5, 5.41) is 7.82. The summed E-state index contributed by atoms with van der Waals surface area (Å²) in [5.41, 5.74) is 0. The summed E-state index contributed by atoms with van der Waals surface area (Å²) >= 11 is 0. The summed E-state index contributed by atoms with van der Waals surface area (Å²) in [6.45, 7) is 2.66. The predicted molar refractivity (Wildman–Crippen MR) is 28.8 cm³/mol. The van der Waals surface area contributed by atoms with E-state index in [2.05, 4.69) is 4.74 Å². The molecule has 0 bridgehead atoms. The van der Waals surface area contributed by atoms with Gasteiger partial charge in [0.1, 0.15) is 0 Å². The lowest BCUT2D eigenvalue weighted by molar-refractivity contribution is -0.257. The molecule has 3 nitrogen and oxygen atoms in total. The maximum atomic E-state index is 12.0. The zero-order valence-corrected chi connectivity index (χ0v) is 5.60. The van der Waals surface area contributed by atoms with Crippen LogP contribution in [0.2, 0.25) is 0 Å². The van der Waals surface area contributed by atoms with Gasteiger partial charge >= 0.3 is 12.1 Å². The van der Waals surface area contributed by atoms with Crippen LogP contribution in [-0.2, 0) is 9.53 Å². The van der Waals surface area contributed by atoms with Crippen molar-refractivity contribution >= 4 is 5.97 Å². The van der Waals surface area contributed by atoms with Crippen LogP contribution < -0.4 is 0 Å². The van der Waals surface area contributed by atoms with E-state index >= 15 is 0 Å². The van der Waals surface area contributed by atoms with Gasteiger partial charge in [-0.2, -0.15) is 8.78 Å². The van der Waals surface area contributed by atoms with E-state index in [1.165, 1.54) is 13.8 Å². The van der Waals surface area contributed by atoms with Gasteiger partial charge in [0, 0.05) is 0 Å². The van der Waals surface area contributed by atoms with Crippen molar-refractivity contribution in [1.29, 1.82) is 0 Å². The number of hydrogen-bond acceptors (Lipinski definition) is 2. The smallest absolute Gasteiger partial charge is 0.456 e. The molecular formula is C5H8F2O3. The minimum atomic E-state index is -4.06. The molecule has 0 amide bonds. The summed E-state index contributed by atoms with van der Waals surface area (Å²) < 4.78 is 27.7. The van der Waals surface area contributed by atoms with Crippen LogP contribution in [0.25, 0.3) is 0 Å². The molecule has 0 aromatic heterocycles. The van der Waals surface area contributed by atoms with E-state index in [-0.39, 0.29) is 0 Å². The standard InChI is InChI=1S/C5H8F2O3/c1-3(2)10-5(6,7)4(8)9/h3H,1-2H3,(H,8,9). The van der Waals surface area contributed by atoms with E-state index in [9.17, 15) is 13.6 Å². The Kier molecular flexibility index (Phi) is 2.71. The number of carboxylic acid groups (broad SMARTS) is 1. The van der Waals surface area contributed by atoms with E-state index < -0.39 is 18.2 Å². The van der Waals surface area contributed by atoms with Crippen molar-refractivity contribution in [3.8, 4) is 0 Å². The van der Waals surface area contributed by atoms with Crippen molar-refractivity contribution in [2.75, 3.05) is 0 Å². The molecule has 0 unspecified atom stereocenters. The number of hydrogen-bond donors (Lipinski definition) is 1. The Morgan fingerprint density at radius 1 is 1.60 bits per heavy atom. The van der Waals surface area contributed by atoms with Crippen LogP contribution in [0.3, 0.4) is 0 Å². The molecule has 5 heteroatoms. The van der Waals surface area contributed by atoms with Gasteiger partial charge in [0.15, 0.2) is 0 Å². The molecule has 10 heavy (non-hydrogen) atoms. The molecule has 0 aliphatic carbocycles. The Labute approximate surface area is 56.6 Å². The third kappa shape index (κ3) is 2.72. The first-order chi connectivity index (χ1) is 4.36. The third-order valence-corrected chi connectivity index (χ3v) is 0.633. The van der Waals surface area contributed by atoms with Crippen LogP contribution in [0.15, 0.2) is 0 Å². The van der Waals surface area contributed by atoms with E-state index in [0.29, 0.717) is 0 Å². The average molecular weight is 154 g/mol. The maximum Gasteiger partial charge on any atom is 0.456 e. The van der Waals surface area contributed by atoms with Crippen LogP contribution in [0.4, 0.5) is 8.78 Å². The van der Waals surface area contributed by atoms with Gasteiger partial charge in [-0.25, -0.2) is 4.79 Å². The first kappa shape index (κ1) is 9.29. The van der Waals surface area contributed by atoms with Gasteiger partial charge in [-0.15, -0.1) is 0 Å². The van der Waals surface area contributed by atoms with Crippen LogP contribution in [0.1, 0.15) is 13.8 Å². The van der Waals surface area contributed by atoms with Crippen molar-refractivity contribution in [2.24, 2.45) is 0 Å². The molecule has 0 aliphatic heterocycles.